The lowest BCUT2D eigenvalue weighted by Crippen LogP contribution is -2.28. The second-order valence-corrected chi connectivity index (χ2v) is 16.4. The second-order valence-electron chi connectivity index (χ2n) is 16.4. The number of hydrogen-bond donors (Lipinski definition) is 0. The molecule has 0 fully saturated rings. The molecule has 0 bridgehead atoms. The van der Waals surface area contributed by atoms with Gasteiger partial charge in [0.2, 0.25) is 0 Å². The van der Waals surface area contributed by atoms with Gasteiger partial charge in [-0.25, -0.2) is 0 Å². The molecule has 11 aromatic rings. The zero-order chi connectivity index (χ0) is 41.7. The highest BCUT2D eigenvalue weighted by molar-refractivity contribution is 6.06. The Labute approximate surface area is 367 Å². The topological polar surface area (TPSA) is 16.4 Å². The van der Waals surface area contributed by atoms with E-state index >= 15 is 0 Å². The molecule has 63 heavy (non-hydrogen) atoms. The van der Waals surface area contributed by atoms with Gasteiger partial charge in [0.1, 0.15) is 11.2 Å². The van der Waals surface area contributed by atoms with Crippen molar-refractivity contribution in [1.29, 1.82) is 0 Å². The van der Waals surface area contributed by atoms with Crippen LogP contribution in [0.2, 0.25) is 0 Å². The number of furan rings is 1. The Morgan fingerprint density at radius 1 is 0.286 bits per heavy atom. The molecule has 0 aliphatic heterocycles. The number of rotatable bonds is 8. The quantitative estimate of drug-likeness (QED) is 0.152. The zero-order valence-corrected chi connectivity index (χ0v) is 34.5. The van der Waals surface area contributed by atoms with Crippen LogP contribution >= 0.6 is 0 Å². The summed E-state index contributed by atoms with van der Waals surface area (Å²) in [5, 5.41) is 2.24. The van der Waals surface area contributed by atoms with Gasteiger partial charge in [-0.1, -0.05) is 194 Å². The normalized spacial score (nSPS) is 12.6. The summed E-state index contributed by atoms with van der Waals surface area (Å²) in [7, 11) is 0. The highest BCUT2D eigenvalue weighted by Crippen LogP contribution is 2.56. The fourth-order valence-electron chi connectivity index (χ4n) is 10.0. The van der Waals surface area contributed by atoms with Crippen LogP contribution in [-0.2, 0) is 5.41 Å². The van der Waals surface area contributed by atoms with Crippen LogP contribution in [0.4, 0.5) is 17.1 Å². The Kier molecular flexibility index (Phi) is 8.76. The number of para-hydroxylation sites is 1. The van der Waals surface area contributed by atoms with E-state index in [2.05, 4.69) is 241 Å². The van der Waals surface area contributed by atoms with Crippen molar-refractivity contribution in [2.75, 3.05) is 4.90 Å². The van der Waals surface area contributed by atoms with Crippen LogP contribution in [0.15, 0.2) is 253 Å². The first-order chi connectivity index (χ1) is 31.2. The van der Waals surface area contributed by atoms with Gasteiger partial charge in [-0.05, 0) is 115 Å². The SMILES string of the molecule is c1ccc(-c2ccc(N(c3ccc(-c4cccc(-c5ccc(C6(c7ccccc7)c7ccccc7-c7ccccc76)cc5)c4)cc3)c3ccc4c(c3)oc3ccccc34)cc2)cc1. The predicted octanol–water partition coefficient (Wildman–Crippen LogP) is 16.4. The Hall–Kier alpha value is -8.20. The molecule has 0 spiro atoms. The van der Waals surface area contributed by atoms with E-state index in [4.69, 9.17) is 4.42 Å². The standard InChI is InChI=1S/C61H41NO/c1-3-14-42(15-4-1)43-28-34-50(35-29-43)62(52-38-39-56-55-22-9-12-25-59(55)63-60(56)41-52)51-36-30-45(31-37-51)47-17-13-16-46(40-47)44-26-32-49(33-27-44)61(48-18-5-2-6-19-48)57-23-10-7-20-53(57)54-21-8-11-24-58(54)61/h1-41H. The third-order valence-electron chi connectivity index (χ3n) is 13.0. The zero-order valence-electron chi connectivity index (χ0n) is 34.5. The number of anilines is 3. The molecule has 0 saturated carbocycles. The summed E-state index contributed by atoms with van der Waals surface area (Å²) in [6.45, 7) is 0. The van der Waals surface area contributed by atoms with Crippen molar-refractivity contribution in [3.8, 4) is 44.5 Å². The minimum Gasteiger partial charge on any atom is -0.456 e. The van der Waals surface area contributed by atoms with Crippen LogP contribution in [-0.4, -0.2) is 0 Å². The largest absolute Gasteiger partial charge is 0.456 e. The maximum Gasteiger partial charge on any atom is 0.137 e. The lowest BCUT2D eigenvalue weighted by atomic mass is 9.67. The highest BCUT2D eigenvalue weighted by Gasteiger charge is 2.45. The Morgan fingerprint density at radius 3 is 1.37 bits per heavy atom. The van der Waals surface area contributed by atoms with Gasteiger partial charge in [0.05, 0.1) is 5.41 Å². The molecule has 0 N–H and O–H groups in total. The minimum atomic E-state index is -0.411. The fraction of sp³-hybridized carbons (Fsp3) is 0.0164. The monoisotopic (exact) mass is 803 g/mol. The van der Waals surface area contributed by atoms with Crippen LogP contribution in [0.5, 0.6) is 0 Å². The maximum absolute atomic E-state index is 6.38. The number of nitrogens with zero attached hydrogens (tertiary/aromatic N) is 1. The molecule has 12 rings (SSSR count). The molecule has 0 unspecified atom stereocenters. The molecule has 10 aromatic carbocycles. The smallest absolute Gasteiger partial charge is 0.137 e. The van der Waals surface area contributed by atoms with Crippen LogP contribution in [0.25, 0.3) is 66.4 Å². The first-order valence-electron chi connectivity index (χ1n) is 21.7. The summed E-state index contributed by atoms with van der Waals surface area (Å²) in [6.07, 6.45) is 0. The molecule has 0 saturated heterocycles. The first kappa shape index (κ1) is 36.6. The van der Waals surface area contributed by atoms with Crippen LogP contribution in [0.3, 0.4) is 0 Å². The van der Waals surface area contributed by atoms with Gasteiger partial charge >= 0.3 is 0 Å². The van der Waals surface area contributed by atoms with Gasteiger partial charge < -0.3 is 9.32 Å². The molecule has 1 aliphatic rings. The van der Waals surface area contributed by atoms with E-state index < -0.39 is 5.41 Å². The van der Waals surface area contributed by atoms with Crippen molar-refractivity contribution >= 4 is 39.0 Å². The summed E-state index contributed by atoms with van der Waals surface area (Å²) in [5.41, 5.74) is 19.4. The number of fused-ring (bicyclic) bond motifs is 6. The predicted molar refractivity (Wildman–Crippen MR) is 262 cm³/mol. The average molecular weight is 804 g/mol. The number of benzene rings is 10. The van der Waals surface area contributed by atoms with E-state index in [1.807, 2.05) is 12.1 Å². The van der Waals surface area contributed by atoms with Gasteiger partial charge in [0.15, 0.2) is 0 Å². The maximum atomic E-state index is 6.38. The molecule has 0 radical (unpaired) electrons. The average Bonchev–Trinajstić information content (AvgIpc) is 3.89. The molecule has 0 atom stereocenters. The third kappa shape index (κ3) is 6.10. The molecule has 296 valence electrons. The Balaban J connectivity index is 0.893. The molecule has 1 aliphatic carbocycles. The van der Waals surface area contributed by atoms with Gasteiger partial charge in [-0.3, -0.25) is 0 Å². The van der Waals surface area contributed by atoms with E-state index in [0.717, 1.165) is 44.6 Å². The fourth-order valence-corrected chi connectivity index (χ4v) is 10.0. The van der Waals surface area contributed by atoms with Gasteiger partial charge in [-0.2, -0.15) is 0 Å². The lowest BCUT2D eigenvalue weighted by molar-refractivity contribution is 0.669. The van der Waals surface area contributed by atoms with E-state index in [1.54, 1.807) is 0 Å². The van der Waals surface area contributed by atoms with Crippen LogP contribution in [0.1, 0.15) is 22.3 Å². The van der Waals surface area contributed by atoms with Crippen molar-refractivity contribution in [1.82, 2.24) is 0 Å². The molecule has 2 nitrogen and oxygen atoms in total. The highest BCUT2D eigenvalue weighted by atomic mass is 16.3. The minimum absolute atomic E-state index is 0.411. The summed E-state index contributed by atoms with van der Waals surface area (Å²) >= 11 is 0. The second kappa shape index (κ2) is 15.1. The molecular formula is C61H41NO. The van der Waals surface area contributed by atoms with E-state index in [1.165, 1.54) is 61.2 Å². The Morgan fingerprint density at radius 2 is 0.730 bits per heavy atom. The molecule has 2 heteroatoms. The molecular weight excluding hydrogens is 763 g/mol. The molecule has 1 aromatic heterocycles. The lowest BCUT2D eigenvalue weighted by Gasteiger charge is -2.34. The van der Waals surface area contributed by atoms with Crippen molar-refractivity contribution in [2.24, 2.45) is 0 Å². The van der Waals surface area contributed by atoms with Gasteiger partial charge in [0, 0.05) is 33.9 Å². The van der Waals surface area contributed by atoms with Crippen molar-refractivity contribution in [2.45, 2.75) is 5.41 Å². The Bertz CT molecular complexity index is 3370. The van der Waals surface area contributed by atoms with Crippen molar-refractivity contribution < 1.29 is 4.42 Å². The third-order valence-corrected chi connectivity index (χ3v) is 13.0. The number of hydrogen-bond acceptors (Lipinski definition) is 2. The van der Waals surface area contributed by atoms with Crippen LogP contribution in [0, 0.1) is 0 Å². The summed E-state index contributed by atoms with van der Waals surface area (Å²) in [6, 6.07) is 90.1. The van der Waals surface area contributed by atoms with Crippen molar-refractivity contribution in [3.05, 3.63) is 271 Å². The van der Waals surface area contributed by atoms with Gasteiger partial charge in [-0.15, -0.1) is 0 Å². The molecule has 0 amide bonds. The first-order valence-corrected chi connectivity index (χ1v) is 21.7. The summed E-state index contributed by atoms with van der Waals surface area (Å²) < 4.78 is 6.38. The van der Waals surface area contributed by atoms with E-state index in [0.29, 0.717) is 0 Å². The molecule has 1 heterocycles. The van der Waals surface area contributed by atoms with Crippen LogP contribution < -0.4 is 4.90 Å². The van der Waals surface area contributed by atoms with Crippen molar-refractivity contribution in [3.63, 3.8) is 0 Å². The summed E-state index contributed by atoms with van der Waals surface area (Å²) in [4.78, 5) is 2.31. The van der Waals surface area contributed by atoms with E-state index in [9.17, 15) is 0 Å². The summed E-state index contributed by atoms with van der Waals surface area (Å²) in [5.74, 6) is 0. The van der Waals surface area contributed by atoms with E-state index in [-0.39, 0.29) is 0 Å². The van der Waals surface area contributed by atoms with Gasteiger partial charge in [0.25, 0.3) is 0 Å².